The normalized spacial score (nSPS) is 36.1. The summed E-state index contributed by atoms with van der Waals surface area (Å²) < 4.78 is 0. The minimum absolute atomic E-state index is 0.114. The molecule has 1 heterocycles. The number of nitrogens with zero attached hydrogens (tertiary/aromatic N) is 1. The second kappa shape index (κ2) is 4.69. The number of fused-ring (bicyclic) bond motifs is 1. The van der Waals surface area contributed by atoms with Crippen LogP contribution in [0.3, 0.4) is 0 Å². The van der Waals surface area contributed by atoms with Crippen molar-refractivity contribution < 1.29 is 9.90 Å². The van der Waals surface area contributed by atoms with Crippen molar-refractivity contribution in [3.63, 3.8) is 0 Å². The van der Waals surface area contributed by atoms with Crippen molar-refractivity contribution in [1.82, 2.24) is 10.3 Å². The average molecular weight is 227 g/mol. The molecular weight excluding hydrogens is 206 g/mol. The van der Waals surface area contributed by atoms with Crippen LogP contribution >= 0.6 is 0 Å². The van der Waals surface area contributed by atoms with Gasteiger partial charge in [0.1, 0.15) is 0 Å². The molecule has 4 atom stereocenters. The molecule has 0 bridgehead atoms. The highest BCUT2D eigenvalue weighted by Crippen LogP contribution is 2.38. The molecule has 0 aromatic heterocycles. The highest BCUT2D eigenvalue weighted by Gasteiger charge is 2.44. The average Bonchev–Trinajstić information content (AvgIpc) is 2.82. The van der Waals surface area contributed by atoms with E-state index in [2.05, 4.69) is 10.3 Å². The Labute approximate surface area is 96.0 Å². The number of aliphatic hydroxyl groups is 1. The summed E-state index contributed by atoms with van der Waals surface area (Å²) in [5.41, 5.74) is 2.23. The van der Waals surface area contributed by atoms with Gasteiger partial charge in [-0.3, -0.25) is 15.1 Å². The number of hydrazine groups is 1. The van der Waals surface area contributed by atoms with E-state index in [4.69, 9.17) is 5.84 Å². The summed E-state index contributed by atoms with van der Waals surface area (Å²) in [5.74, 6) is 5.99. The molecule has 5 nitrogen and oxygen atoms in total. The molecule has 1 saturated carbocycles. The number of likely N-dealkylation sites (tertiary alicyclic amines) is 1. The minimum Gasteiger partial charge on any atom is -0.393 e. The van der Waals surface area contributed by atoms with Gasteiger partial charge in [0.15, 0.2) is 0 Å². The van der Waals surface area contributed by atoms with E-state index >= 15 is 0 Å². The van der Waals surface area contributed by atoms with E-state index in [9.17, 15) is 9.90 Å². The molecule has 0 radical (unpaired) electrons. The minimum atomic E-state index is -0.173. The number of amides is 1. The standard InChI is InChI=1S/C11H21N3O2/c1-2-9(11(16)13-12)14-5-7-3-4-10(15)8(7)6-14/h7-10,15H,2-6,12H2,1H3,(H,13,16). The van der Waals surface area contributed by atoms with E-state index in [1.165, 1.54) is 0 Å². The summed E-state index contributed by atoms with van der Waals surface area (Å²) in [6, 6.07) is -0.136. The van der Waals surface area contributed by atoms with Crippen LogP contribution in [0.15, 0.2) is 0 Å². The van der Waals surface area contributed by atoms with Crippen LogP contribution in [0.1, 0.15) is 26.2 Å². The summed E-state index contributed by atoms with van der Waals surface area (Å²) in [6.07, 6.45) is 2.60. The van der Waals surface area contributed by atoms with Gasteiger partial charge in [-0.25, -0.2) is 5.84 Å². The Morgan fingerprint density at radius 1 is 1.56 bits per heavy atom. The number of hydrogen-bond acceptors (Lipinski definition) is 4. The number of hydrogen-bond donors (Lipinski definition) is 3. The number of rotatable bonds is 3. The molecular formula is C11H21N3O2. The van der Waals surface area contributed by atoms with Crippen molar-refractivity contribution in [2.24, 2.45) is 17.7 Å². The Kier molecular flexibility index (Phi) is 3.47. The Morgan fingerprint density at radius 3 is 2.88 bits per heavy atom. The second-order valence-electron chi connectivity index (χ2n) is 4.96. The van der Waals surface area contributed by atoms with Gasteiger partial charge in [0.25, 0.3) is 5.91 Å². The smallest absolute Gasteiger partial charge is 0.251 e. The monoisotopic (exact) mass is 227 g/mol. The lowest BCUT2D eigenvalue weighted by Gasteiger charge is -2.26. The fourth-order valence-corrected chi connectivity index (χ4v) is 3.23. The maximum atomic E-state index is 11.6. The van der Waals surface area contributed by atoms with Gasteiger partial charge in [0.2, 0.25) is 0 Å². The van der Waals surface area contributed by atoms with Crippen molar-refractivity contribution >= 4 is 5.91 Å². The molecule has 0 aromatic rings. The summed E-state index contributed by atoms with van der Waals surface area (Å²) in [6.45, 7) is 3.75. The van der Waals surface area contributed by atoms with Crippen molar-refractivity contribution in [2.45, 2.75) is 38.3 Å². The Bertz CT molecular complexity index is 272. The molecule has 5 heteroatoms. The van der Waals surface area contributed by atoms with Crippen molar-refractivity contribution in [3.8, 4) is 0 Å². The molecule has 0 aromatic carbocycles. The lowest BCUT2D eigenvalue weighted by atomic mass is 10.00. The first-order valence-corrected chi connectivity index (χ1v) is 6.10. The molecule has 2 rings (SSSR count). The first kappa shape index (κ1) is 11.8. The van der Waals surface area contributed by atoms with E-state index < -0.39 is 0 Å². The fraction of sp³-hybridized carbons (Fsp3) is 0.909. The van der Waals surface area contributed by atoms with Crippen molar-refractivity contribution in [1.29, 1.82) is 0 Å². The van der Waals surface area contributed by atoms with Crippen molar-refractivity contribution in [2.75, 3.05) is 13.1 Å². The SMILES string of the molecule is CCC(C(=O)NN)N1CC2CCC(O)C2C1. The van der Waals surface area contributed by atoms with Crippen LogP contribution < -0.4 is 11.3 Å². The van der Waals surface area contributed by atoms with E-state index in [-0.39, 0.29) is 18.1 Å². The van der Waals surface area contributed by atoms with Crippen LogP contribution in [0, 0.1) is 11.8 Å². The third kappa shape index (κ3) is 1.95. The highest BCUT2D eigenvalue weighted by molar-refractivity contribution is 5.81. The number of carbonyl (C=O) groups excluding carboxylic acids is 1. The van der Waals surface area contributed by atoms with Crippen LogP contribution in [0.2, 0.25) is 0 Å². The van der Waals surface area contributed by atoms with E-state index in [0.29, 0.717) is 11.8 Å². The van der Waals surface area contributed by atoms with E-state index in [1.54, 1.807) is 0 Å². The zero-order valence-electron chi connectivity index (χ0n) is 9.72. The summed E-state index contributed by atoms with van der Waals surface area (Å²) in [4.78, 5) is 13.8. The molecule has 0 spiro atoms. The van der Waals surface area contributed by atoms with Crippen LogP contribution in [-0.2, 0) is 4.79 Å². The Morgan fingerprint density at radius 2 is 2.31 bits per heavy atom. The largest absolute Gasteiger partial charge is 0.393 e. The van der Waals surface area contributed by atoms with Crippen LogP contribution in [-0.4, -0.2) is 41.1 Å². The maximum absolute atomic E-state index is 11.6. The highest BCUT2D eigenvalue weighted by atomic mass is 16.3. The lowest BCUT2D eigenvalue weighted by Crippen LogP contribution is -2.48. The number of carbonyl (C=O) groups is 1. The first-order valence-electron chi connectivity index (χ1n) is 6.10. The van der Waals surface area contributed by atoms with Crippen LogP contribution in [0.5, 0.6) is 0 Å². The zero-order chi connectivity index (χ0) is 11.7. The molecule has 16 heavy (non-hydrogen) atoms. The van der Waals surface area contributed by atoms with Crippen LogP contribution in [0.25, 0.3) is 0 Å². The van der Waals surface area contributed by atoms with E-state index in [1.807, 2.05) is 6.92 Å². The molecule has 92 valence electrons. The number of nitrogens with one attached hydrogen (secondary N) is 1. The van der Waals surface area contributed by atoms with Crippen LogP contribution in [0.4, 0.5) is 0 Å². The summed E-state index contributed by atoms with van der Waals surface area (Å²) >= 11 is 0. The topological polar surface area (TPSA) is 78.6 Å². The van der Waals surface area contributed by atoms with Gasteiger partial charge in [-0.1, -0.05) is 6.92 Å². The molecule has 4 N–H and O–H groups in total. The Balaban J connectivity index is 1.99. The second-order valence-corrected chi connectivity index (χ2v) is 4.96. The van der Waals surface area contributed by atoms with Gasteiger partial charge in [0.05, 0.1) is 12.1 Å². The van der Waals surface area contributed by atoms with Gasteiger partial charge in [-0.2, -0.15) is 0 Å². The lowest BCUT2D eigenvalue weighted by molar-refractivity contribution is -0.126. The Hall–Kier alpha value is -0.650. The van der Waals surface area contributed by atoms with E-state index in [0.717, 1.165) is 32.4 Å². The number of nitrogens with two attached hydrogens (primary N) is 1. The zero-order valence-corrected chi connectivity index (χ0v) is 9.72. The van der Waals surface area contributed by atoms with Gasteiger partial charge in [-0.15, -0.1) is 0 Å². The molecule has 1 amide bonds. The third-order valence-corrected chi connectivity index (χ3v) is 4.12. The molecule has 1 saturated heterocycles. The predicted molar refractivity (Wildman–Crippen MR) is 60.2 cm³/mol. The molecule has 2 fully saturated rings. The maximum Gasteiger partial charge on any atom is 0.251 e. The molecule has 1 aliphatic heterocycles. The summed E-state index contributed by atoms with van der Waals surface area (Å²) in [5, 5.41) is 9.82. The fourth-order valence-electron chi connectivity index (χ4n) is 3.23. The molecule has 2 aliphatic rings. The summed E-state index contributed by atoms with van der Waals surface area (Å²) in [7, 11) is 0. The third-order valence-electron chi connectivity index (χ3n) is 4.12. The number of aliphatic hydroxyl groups excluding tert-OH is 1. The van der Waals surface area contributed by atoms with Crippen molar-refractivity contribution in [3.05, 3.63) is 0 Å². The van der Waals surface area contributed by atoms with Gasteiger partial charge in [-0.05, 0) is 25.2 Å². The quantitative estimate of drug-likeness (QED) is 0.344. The van der Waals surface area contributed by atoms with Gasteiger partial charge in [0, 0.05) is 19.0 Å². The molecule has 4 unspecified atom stereocenters. The predicted octanol–water partition coefficient (Wildman–Crippen LogP) is -0.542. The first-order chi connectivity index (χ1) is 7.67. The van der Waals surface area contributed by atoms with Gasteiger partial charge < -0.3 is 5.11 Å². The van der Waals surface area contributed by atoms with Gasteiger partial charge >= 0.3 is 0 Å². The molecule has 1 aliphatic carbocycles.